The van der Waals surface area contributed by atoms with E-state index in [1.807, 2.05) is 55.5 Å². The number of benzene rings is 2. The molecule has 0 saturated carbocycles. The Kier molecular flexibility index (Phi) is 7.24. The van der Waals surface area contributed by atoms with E-state index in [1.165, 1.54) is 15.9 Å². The number of nitrogens with zero attached hydrogens (tertiary/aromatic N) is 3. The molecule has 0 aliphatic carbocycles. The Labute approximate surface area is 196 Å². The van der Waals surface area contributed by atoms with E-state index >= 15 is 0 Å². The van der Waals surface area contributed by atoms with Gasteiger partial charge in [-0.15, -0.1) is 5.10 Å². The molecule has 2 aromatic heterocycles. The van der Waals surface area contributed by atoms with Crippen molar-refractivity contribution in [2.75, 3.05) is 19.8 Å². The highest BCUT2D eigenvalue weighted by Crippen LogP contribution is 2.29. The number of aromatic nitrogens is 3. The fraction of sp³-hybridized carbons (Fsp3) is 0.320. The minimum atomic E-state index is -0.194. The molecule has 0 aliphatic heterocycles. The third-order valence-corrected chi connectivity index (χ3v) is 5.75. The van der Waals surface area contributed by atoms with Gasteiger partial charge in [0.2, 0.25) is 4.96 Å². The van der Waals surface area contributed by atoms with Crippen LogP contribution in [0.3, 0.4) is 0 Å². The smallest absolute Gasteiger partial charge is 0.291 e. The molecule has 8 heteroatoms. The normalized spacial score (nSPS) is 11.8. The second-order valence-electron chi connectivity index (χ2n) is 7.41. The third kappa shape index (κ3) is 5.17. The van der Waals surface area contributed by atoms with Crippen LogP contribution in [0.25, 0.3) is 22.4 Å². The van der Waals surface area contributed by atoms with Gasteiger partial charge < -0.3 is 14.2 Å². The first-order valence-corrected chi connectivity index (χ1v) is 12.0. The Morgan fingerprint density at radius 2 is 1.70 bits per heavy atom. The summed E-state index contributed by atoms with van der Waals surface area (Å²) >= 11 is 1.31. The number of hydrogen-bond acceptors (Lipinski definition) is 7. The van der Waals surface area contributed by atoms with E-state index in [0.717, 1.165) is 29.7 Å². The van der Waals surface area contributed by atoms with Crippen molar-refractivity contribution in [1.82, 2.24) is 14.6 Å². The van der Waals surface area contributed by atoms with E-state index in [0.29, 0.717) is 46.6 Å². The van der Waals surface area contributed by atoms with Crippen molar-refractivity contribution in [3.63, 3.8) is 0 Å². The maximum atomic E-state index is 12.9. The summed E-state index contributed by atoms with van der Waals surface area (Å²) in [5.74, 6) is 2.69. The van der Waals surface area contributed by atoms with Gasteiger partial charge in [0.05, 0.1) is 24.4 Å². The predicted octanol–water partition coefficient (Wildman–Crippen LogP) is 4.34. The number of ether oxygens (including phenoxy) is 3. The summed E-state index contributed by atoms with van der Waals surface area (Å²) in [6.07, 6.45) is 3.70. The third-order valence-electron chi connectivity index (χ3n) is 4.79. The van der Waals surface area contributed by atoms with Crippen LogP contribution in [0.5, 0.6) is 17.2 Å². The molecule has 4 rings (SSSR count). The monoisotopic (exact) mass is 465 g/mol. The summed E-state index contributed by atoms with van der Waals surface area (Å²) in [5.41, 5.74) is 1.50. The number of thiazole rings is 1. The van der Waals surface area contributed by atoms with Crippen molar-refractivity contribution in [2.45, 2.75) is 33.6 Å². The van der Waals surface area contributed by atoms with Gasteiger partial charge in [-0.2, -0.15) is 9.50 Å². The van der Waals surface area contributed by atoms with E-state index in [1.54, 1.807) is 0 Å². The van der Waals surface area contributed by atoms with E-state index in [9.17, 15) is 4.79 Å². The van der Waals surface area contributed by atoms with Gasteiger partial charge in [0.1, 0.15) is 5.75 Å². The maximum absolute atomic E-state index is 12.9. The Bertz CT molecular complexity index is 1330. The second-order valence-corrected chi connectivity index (χ2v) is 8.42. The molecule has 0 unspecified atom stereocenters. The fourth-order valence-electron chi connectivity index (χ4n) is 3.24. The molecular formula is C25H27N3O4S. The first-order chi connectivity index (χ1) is 16.1. The molecule has 0 bridgehead atoms. The molecule has 2 aromatic carbocycles. The van der Waals surface area contributed by atoms with Crippen molar-refractivity contribution < 1.29 is 14.2 Å². The molecule has 0 N–H and O–H groups in total. The summed E-state index contributed by atoms with van der Waals surface area (Å²) in [5, 5.41) is 4.43. The molecule has 7 nitrogen and oxygen atoms in total. The average Bonchev–Trinajstić information content (AvgIpc) is 3.37. The fourth-order valence-corrected chi connectivity index (χ4v) is 4.15. The molecule has 4 aromatic rings. The molecule has 0 fully saturated rings. The second kappa shape index (κ2) is 10.5. The minimum Gasteiger partial charge on any atom is -0.494 e. The lowest BCUT2D eigenvalue weighted by molar-refractivity contribution is 0.277. The van der Waals surface area contributed by atoms with E-state index in [2.05, 4.69) is 23.9 Å². The van der Waals surface area contributed by atoms with Crippen LogP contribution < -0.4 is 24.3 Å². The molecule has 33 heavy (non-hydrogen) atoms. The minimum absolute atomic E-state index is 0.194. The lowest BCUT2D eigenvalue weighted by Gasteiger charge is -2.11. The lowest BCUT2D eigenvalue weighted by atomic mass is 10.2. The van der Waals surface area contributed by atoms with Crippen molar-refractivity contribution in [3.8, 4) is 28.6 Å². The van der Waals surface area contributed by atoms with Crippen LogP contribution in [0.1, 0.15) is 39.2 Å². The van der Waals surface area contributed by atoms with Crippen LogP contribution in [0.2, 0.25) is 0 Å². The van der Waals surface area contributed by atoms with Crippen molar-refractivity contribution in [3.05, 3.63) is 62.9 Å². The summed E-state index contributed by atoms with van der Waals surface area (Å²) in [6, 6.07) is 13.3. The SMILES string of the molecule is CCCOc1ccc(-c2nc3sc(=Cc4ccc(OCCC)c(OCC)c4)c(=O)n3n2)cc1. The maximum Gasteiger partial charge on any atom is 0.291 e. The number of fused-ring (bicyclic) bond motifs is 1. The molecule has 0 atom stereocenters. The molecule has 0 spiro atoms. The van der Waals surface area contributed by atoms with Crippen molar-refractivity contribution >= 4 is 22.4 Å². The largest absolute Gasteiger partial charge is 0.494 e. The zero-order valence-corrected chi connectivity index (χ0v) is 19.9. The van der Waals surface area contributed by atoms with Crippen LogP contribution in [0.4, 0.5) is 0 Å². The van der Waals surface area contributed by atoms with Gasteiger partial charge in [0.25, 0.3) is 5.56 Å². The zero-order chi connectivity index (χ0) is 23.2. The van der Waals surface area contributed by atoms with Crippen LogP contribution in [0, 0.1) is 0 Å². The number of hydrogen-bond donors (Lipinski definition) is 0. The Hall–Kier alpha value is -3.39. The first-order valence-electron chi connectivity index (χ1n) is 11.2. The van der Waals surface area contributed by atoms with Crippen LogP contribution in [-0.4, -0.2) is 34.4 Å². The topological polar surface area (TPSA) is 75.0 Å². The van der Waals surface area contributed by atoms with Gasteiger partial charge in [-0.25, -0.2) is 0 Å². The van der Waals surface area contributed by atoms with Gasteiger partial charge in [-0.05, 0) is 67.8 Å². The molecule has 172 valence electrons. The van der Waals surface area contributed by atoms with Crippen LogP contribution in [0.15, 0.2) is 47.3 Å². The quantitative estimate of drug-likeness (QED) is 0.347. The van der Waals surface area contributed by atoms with Crippen molar-refractivity contribution in [2.24, 2.45) is 0 Å². The summed E-state index contributed by atoms with van der Waals surface area (Å²) in [6.45, 7) is 7.89. The van der Waals surface area contributed by atoms with Gasteiger partial charge in [0.15, 0.2) is 17.3 Å². The number of rotatable bonds is 10. The van der Waals surface area contributed by atoms with Crippen LogP contribution >= 0.6 is 11.3 Å². The highest BCUT2D eigenvalue weighted by molar-refractivity contribution is 7.15. The van der Waals surface area contributed by atoms with Gasteiger partial charge >= 0.3 is 0 Å². The Morgan fingerprint density at radius 1 is 0.939 bits per heavy atom. The Balaban J connectivity index is 1.62. The van der Waals surface area contributed by atoms with E-state index < -0.39 is 0 Å². The van der Waals surface area contributed by atoms with E-state index in [-0.39, 0.29) is 5.56 Å². The predicted molar refractivity (Wildman–Crippen MR) is 131 cm³/mol. The summed E-state index contributed by atoms with van der Waals surface area (Å²) in [7, 11) is 0. The molecular weight excluding hydrogens is 438 g/mol. The standard InChI is InChI=1S/C25H27N3O4S/c1-4-13-31-19-10-8-18(9-11-19)23-26-25-28(27-23)24(29)22(33-25)16-17-7-12-20(32-14-5-2)21(15-17)30-6-3/h7-12,15-16H,4-6,13-14H2,1-3H3. The van der Waals surface area contributed by atoms with E-state index in [4.69, 9.17) is 14.2 Å². The molecule has 0 saturated heterocycles. The van der Waals surface area contributed by atoms with Gasteiger partial charge in [-0.1, -0.05) is 31.3 Å². The zero-order valence-electron chi connectivity index (χ0n) is 19.0. The summed E-state index contributed by atoms with van der Waals surface area (Å²) in [4.78, 5) is 18.0. The Morgan fingerprint density at radius 3 is 2.39 bits per heavy atom. The molecule has 0 amide bonds. The summed E-state index contributed by atoms with van der Waals surface area (Å²) < 4.78 is 19.0. The molecule has 2 heterocycles. The van der Waals surface area contributed by atoms with Crippen molar-refractivity contribution in [1.29, 1.82) is 0 Å². The van der Waals surface area contributed by atoms with Crippen LogP contribution in [-0.2, 0) is 0 Å². The molecule has 0 radical (unpaired) electrons. The lowest BCUT2D eigenvalue weighted by Crippen LogP contribution is -2.23. The average molecular weight is 466 g/mol. The highest BCUT2D eigenvalue weighted by Gasteiger charge is 2.13. The van der Waals surface area contributed by atoms with Gasteiger partial charge in [0, 0.05) is 5.56 Å². The van der Waals surface area contributed by atoms with Gasteiger partial charge in [-0.3, -0.25) is 4.79 Å². The first kappa shape index (κ1) is 22.8. The highest BCUT2D eigenvalue weighted by atomic mass is 32.1. The molecule has 0 aliphatic rings.